The summed E-state index contributed by atoms with van der Waals surface area (Å²) in [5.41, 5.74) is 2.12. The predicted octanol–water partition coefficient (Wildman–Crippen LogP) is 3.09. The second kappa shape index (κ2) is 6.83. The molecule has 0 bridgehead atoms. The van der Waals surface area contributed by atoms with E-state index >= 15 is 0 Å². The Hall–Kier alpha value is -3.89. The van der Waals surface area contributed by atoms with Crippen molar-refractivity contribution in [3.63, 3.8) is 0 Å². The van der Waals surface area contributed by atoms with Crippen LogP contribution in [0, 0.1) is 6.92 Å². The Morgan fingerprint density at radius 2 is 2.06 bits per heavy atom. The van der Waals surface area contributed by atoms with Crippen molar-refractivity contribution in [2.75, 3.05) is 7.11 Å². The molecule has 0 aliphatic heterocycles. The molecule has 5 rings (SSSR count). The molecule has 31 heavy (non-hydrogen) atoms. The molecule has 0 unspecified atom stereocenters. The van der Waals surface area contributed by atoms with Crippen LogP contribution in [0.15, 0.2) is 35.3 Å². The second-order valence-electron chi connectivity index (χ2n) is 7.58. The highest BCUT2D eigenvalue weighted by molar-refractivity contribution is 5.87. The van der Waals surface area contributed by atoms with Gasteiger partial charge >= 0.3 is 0 Å². The first-order valence-corrected chi connectivity index (χ1v) is 9.56. The minimum absolute atomic E-state index is 0.0595. The summed E-state index contributed by atoms with van der Waals surface area (Å²) < 4.78 is 28.6. The minimum atomic E-state index is -1.70. The summed E-state index contributed by atoms with van der Waals surface area (Å²) in [5, 5.41) is 12.0. The Morgan fingerprint density at radius 1 is 1.23 bits per heavy atom. The quantitative estimate of drug-likeness (QED) is 0.425. The molecule has 0 fully saturated rings. The number of imidazole rings is 1. The Balaban J connectivity index is 1.60. The topological polar surface area (TPSA) is 109 Å². The Bertz CT molecular complexity index is 1410. The predicted molar refractivity (Wildman–Crippen MR) is 108 cm³/mol. The van der Waals surface area contributed by atoms with Crippen molar-refractivity contribution in [3.05, 3.63) is 48.5 Å². The van der Waals surface area contributed by atoms with Gasteiger partial charge in [0.15, 0.2) is 11.3 Å². The van der Waals surface area contributed by atoms with Gasteiger partial charge in [-0.1, -0.05) is 0 Å². The van der Waals surface area contributed by atoms with Gasteiger partial charge in [0.2, 0.25) is 11.8 Å². The molecule has 0 saturated carbocycles. The Kier molecular flexibility index (Phi) is 4.20. The largest absolute Gasteiger partial charge is 0.479 e. The van der Waals surface area contributed by atoms with E-state index in [2.05, 4.69) is 30.2 Å². The van der Waals surface area contributed by atoms with Crippen molar-refractivity contribution in [1.82, 2.24) is 39.3 Å². The fourth-order valence-corrected chi connectivity index (χ4v) is 3.47. The summed E-state index contributed by atoms with van der Waals surface area (Å²) in [6.45, 7) is 4.86. The fourth-order valence-electron chi connectivity index (χ4n) is 3.47. The number of alkyl halides is 1. The first kappa shape index (κ1) is 19.1. The number of rotatable bonds is 5. The number of ether oxygens (including phenoxy) is 1. The molecule has 0 aliphatic rings. The molecule has 0 amide bonds. The van der Waals surface area contributed by atoms with Crippen LogP contribution >= 0.6 is 0 Å². The van der Waals surface area contributed by atoms with E-state index in [1.54, 1.807) is 17.8 Å². The average Bonchev–Trinajstić information content (AvgIpc) is 3.45. The normalized spacial score (nSPS) is 12.2. The van der Waals surface area contributed by atoms with Gasteiger partial charge in [-0.3, -0.25) is 0 Å². The van der Waals surface area contributed by atoms with E-state index in [1.807, 2.05) is 29.8 Å². The lowest BCUT2D eigenvalue weighted by molar-refractivity contribution is 0.166. The van der Waals surface area contributed by atoms with Crippen LogP contribution in [0.3, 0.4) is 0 Å². The first-order chi connectivity index (χ1) is 14.8. The Morgan fingerprint density at radius 3 is 2.81 bits per heavy atom. The van der Waals surface area contributed by atoms with E-state index in [1.165, 1.54) is 20.2 Å². The van der Waals surface area contributed by atoms with Crippen LogP contribution in [0.1, 0.15) is 31.5 Å². The number of pyridine rings is 1. The summed E-state index contributed by atoms with van der Waals surface area (Å²) in [7, 11) is 1.57. The van der Waals surface area contributed by atoms with Crippen LogP contribution in [0.4, 0.5) is 4.39 Å². The zero-order valence-corrected chi connectivity index (χ0v) is 17.4. The molecule has 0 radical (unpaired) electrons. The van der Waals surface area contributed by atoms with Crippen molar-refractivity contribution >= 4 is 16.7 Å². The molecule has 5 aromatic rings. The monoisotopic (exact) mass is 422 g/mol. The van der Waals surface area contributed by atoms with Crippen LogP contribution < -0.4 is 4.74 Å². The van der Waals surface area contributed by atoms with Gasteiger partial charge in [0.05, 0.1) is 12.6 Å². The summed E-state index contributed by atoms with van der Waals surface area (Å²) in [6.07, 6.45) is 5.02. The number of aryl methyl sites for hydroxylation is 1. The van der Waals surface area contributed by atoms with Gasteiger partial charge in [0.25, 0.3) is 5.89 Å². The van der Waals surface area contributed by atoms with Crippen molar-refractivity contribution in [2.24, 2.45) is 0 Å². The summed E-state index contributed by atoms with van der Waals surface area (Å²) in [5.74, 6) is 1.42. The SMILES string of the molecule is COc1ncnn2ccc(-c3cnc4nc(C)n(Cc5nnc(C(C)(C)F)o5)c4c3)c12. The highest BCUT2D eigenvalue weighted by atomic mass is 19.1. The molecule has 158 valence electrons. The van der Waals surface area contributed by atoms with Gasteiger partial charge in [-0.15, -0.1) is 10.2 Å². The zero-order chi connectivity index (χ0) is 21.8. The summed E-state index contributed by atoms with van der Waals surface area (Å²) in [6, 6.07) is 3.90. The van der Waals surface area contributed by atoms with Gasteiger partial charge in [0, 0.05) is 23.5 Å². The molecule has 0 aliphatic carbocycles. The summed E-state index contributed by atoms with van der Waals surface area (Å²) >= 11 is 0. The molecule has 5 aromatic heterocycles. The van der Waals surface area contributed by atoms with Crippen LogP contribution in [-0.4, -0.2) is 46.4 Å². The maximum atomic E-state index is 14.1. The molecular formula is C20H19FN8O2. The molecule has 10 nitrogen and oxygen atoms in total. The number of aromatic nitrogens is 8. The number of hydrogen-bond acceptors (Lipinski definition) is 8. The van der Waals surface area contributed by atoms with E-state index in [0.717, 1.165) is 28.0 Å². The van der Waals surface area contributed by atoms with Gasteiger partial charge in [-0.2, -0.15) is 10.1 Å². The molecule has 0 spiro atoms. The number of halogens is 1. The number of nitrogens with zero attached hydrogens (tertiary/aromatic N) is 8. The average molecular weight is 422 g/mol. The number of fused-ring (bicyclic) bond motifs is 2. The standard InChI is InChI=1S/C20H19FN8O2/c1-11-25-17-14(28(11)9-15-26-27-19(31-15)20(2,3)21)7-12(8-22-17)13-5-6-29-16(13)18(30-4)23-10-24-29/h5-8,10H,9H2,1-4H3. The number of hydrogen-bond donors (Lipinski definition) is 0. The summed E-state index contributed by atoms with van der Waals surface area (Å²) in [4.78, 5) is 13.2. The fraction of sp³-hybridized carbons (Fsp3) is 0.300. The van der Waals surface area contributed by atoms with Crippen LogP contribution in [-0.2, 0) is 12.2 Å². The van der Waals surface area contributed by atoms with E-state index in [9.17, 15) is 4.39 Å². The van der Waals surface area contributed by atoms with Gasteiger partial charge < -0.3 is 13.7 Å². The van der Waals surface area contributed by atoms with Crippen molar-refractivity contribution in [3.8, 4) is 17.0 Å². The van der Waals surface area contributed by atoms with Crippen molar-refractivity contribution in [1.29, 1.82) is 0 Å². The van der Waals surface area contributed by atoms with E-state index < -0.39 is 5.67 Å². The smallest absolute Gasteiger partial charge is 0.253 e. The molecule has 0 saturated heterocycles. The number of methoxy groups -OCH3 is 1. The van der Waals surface area contributed by atoms with Crippen LogP contribution in [0.5, 0.6) is 5.88 Å². The molecular weight excluding hydrogens is 403 g/mol. The maximum Gasteiger partial charge on any atom is 0.253 e. The minimum Gasteiger partial charge on any atom is -0.479 e. The highest BCUT2D eigenvalue weighted by Gasteiger charge is 2.26. The lowest BCUT2D eigenvalue weighted by Gasteiger charge is -2.07. The molecule has 0 N–H and O–H groups in total. The first-order valence-electron chi connectivity index (χ1n) is 9.56. The Labute approximate surface area is 175 Å². The lowest BCUT2D eigenvalue weighted by atomic mass is 10.1. The van der Waals surface area contributed by atoms with E-state index in [0.29, 0.717) is 11.5 Å². The molecule has 0 atom stereocenters. The molecule has 0 aromatic carbocycles. The van der Waals surface area contributed by atoms with Gasteiger partial charge in [-0.25, -0.2) is 18.9 Å². The lowest BCUT2D eigenvalue weighted by Crippen LogP contribution is -2.09. The van der Waals surface area contributed by atoms with Gasteiger partial charge in [0.1, 0.15) is 24.2 Å². The third-order valence-electron chi connectivity index (χ3n) is 4.99. The third kappa shape index (κ3) is 3.18. The van der Waals surface area contributed by atoms with Crippen molar-refractivity contribution < 1.29 is 13.5 Å². The van der Waals surface area contributed by atoms with E-state index in [-0.39, 0.29) is 18.3 Å². The molecule has 11 heteroatoms. The van der Waals surface area contributed by atoms with Crippen LogP contribution in [0.25, 0.3) is 27.8 Å². The zero-order valence-electron chi connectivity index (χ0n) is 17.4. The van der Waals surface area contributed by atoms with E-state index in [4.69, 9.17) is 9.15 Å². The molecule has 5 heterocycles. The highest BCUT2D eigenvalue weighted by Crippen LogP contribution is 2.32. The maximum absolute atomic E-state index is 14.1. The second-order valence-corrected chi connectivity index (χ2v) is 7.58. The third-order valence-corrected chi connectivity index (χ3v) is 4.99. The van der Waals surface area contributed by atoms with Gasteiger partial charge in [-0.05, 0) is 32.9 Å². The van der Waals surface area contributed by atoms with Crippen LogP contribution in [0.2, 0.25) is 0 Å². The van der Waals surface area contributed by atoms with Crippen molar-refractivity contribution in [2.45, 2.75) is 33.0 Å².